The van der Waals surface area contributed by atoms with E-state index in [1.54, 1.807) is 0 Å². The minimum atomic E-state index is 0.0964. The molecular formula is C9H19NOS. The van der Waals surface area contributed by atoms with Gasteiger partial charge in [-0.05, 0) is 12.7 Å². The maximum atomic E-state index is 11.2. The molecule has 0 aromatic heterocycles. The molecule has 0 rings (SSSR count). The molecular weight excluding hydrogens is 170 g/mol. The summed E-state index contributed by atoms with van der Waals surface area (Å²) in [4.78, 5) is 11.2. The molecule has 1 atom stereocenters. The Balaban J connectivity index is 3.54. The van der Waals surface area contributed by atoms with Gasteiger partial charge in [-0.25, -0.2) is 0 Å². The summed E-state index contributed by atoms with van der Waals surface area (Å²) in [5.74, 6) is 2.37. The minimum Gasteiger partial charge on any atom is -0.353 e. The lowest BCUT2D eigenvalue weighted by atomic mass is 10.2. The van der Waals surface area contributed by atoms with E-state index >= 15 is 0 Å². The van der Waals surface area contributed by atoms with Gasteiger partial charge in [-0.15, -0.1) is 0 Å². The van der Waals surface area contributed by atoms with Crippen molar-refractivity contribution in [3.63, 3.8) is 0 Å². The van der Waals surface area contributed by atoms with Gasteiger partial charge >= 0.3 is 0 Å². The Morgan fingerprint density at radius 2 is 2.00 bits per heavy atom. The highest BCUT2D eigenvalue weighted by Crippen LogP contribution is 2.02. The van der Waals surface area contributed by atoms with Crippen LogP contribution in [-0.4, -0.2) is 23.5 Å². The zero-order valence-electron chi connectivity index (χ0n) is 8.39. The van der Waals surface area contributed by atoms with E-state index in [-0.39, 0.29) is 11.8 Å². The normalized spacial score (nSPS) is 13.1. The first-order chi connectivity index (χ1) is 5.57. The molecule has 72 valence electrons. The number of hydrogen-bond donors (Lipinski definition) is 1. The Hall–Kier alpha value is -0.180. The lowest BCUT2D eigenvalue weighted by molar-refractivity contribution is -0.124. The highest BCUT2D eigenvalue weighted by atomic mass is 32.2. The second-order valence-electron chi connectivity index (χ2n) is 3.22. The van der Waals surface area contributed by atoms with Gasteiger partial charge < -0.3 is 5.32 Å². The van der Waals surface area contributed by atoms with Crippen LogP contribution in [0.1, 0.15) is 27.7 Å². The summed E-state index contributed by atoms with van der Waals surface area (Å²) in [6, 6.07) is 0.296. The van der Waals surface area contributed by atoms with E-state index in [4.69, 9.17) is 0 Å². The summed E-state index contributed by atoms with van der Waals surface area (Å²) in [5, 5.41) is 2.95. The standard InChI is InChI=1S/C9H19NOS/c1-5-12-6-8(4)10-9(11)7(2)3/h7-8H,5-6H2,1-4H3,(H,10,11). The molecule has 0 saturated carbocycles. The third kappa shape index (κ3) is 5.47. The van der Waals surface area contributed by atoms with Crippen LogP contribution in [0.3, 0.4) is 0 Å². The number of carbonyl (C=O) groups is 1. The molecule has 0 bridgehead atoms. The SMILES string of the molecule is CCSCC(C)NC(=O)C(C)C. The van der Waals surface area contributed by atoms with E-state index in [1.807, 2.05) is 32.5 Å². The van der Waals surface area contributed by atoms with Gasteiger partial charge in [0, 0.05) is 17.7 Å². The fourth-order valence-corrected chi connectivity index (χ4v) is 1.42. The highest BCUT2D eigenvalue weighted by Gasteiger charge is 2.09. The molecule has 1 amide bonds. The van der Waals surface area contributed by atoms with E-state index in [0.717, 1.165) is 11.5 Å². The van der Waals surface area contributed by atoms with Crippen LogP contribution in [0.15, 0.2) is 0 Å². The predicted octanol–water partition coefficient (Wildman–Crippen LogP) is 1.90. The van der Waals surface area contributed by atoms with Crippen LogP contribution in [0.5, 0.6) is 0 Å². The maximum absolute atomic E-state index is 11.2. The third-order valence-corrected chi connectivity index (χ3v) is 2.63. The van der Waals surface area contributed by atoms with Crippen molar-refractivity contribution < 1.29 is 4.79 Å². The molecule has 0 aliphatic rings. The molecule has 0 aliphatic heterocycles. The van der Waals surface area contributed by atoms with Crippen LogP contribution in [0.2, 0.25) is 0 Å². The molecule has 1 N–H and O–H groups in total. The Kier molecular flexibility index (Phi) is 6.25. The summed E-state index contributed by atoms with van der Waals surface area (Å²) in [5.41, 5.74) is 0. The van der Waals surface area contributed by atoms with Crippen LogP contribution >= 0.6 is 11.8 Å². The summed E-state index contributed by atoms with van der Waals surface area (Å²) < 4.78 is 0. The first-order valence-electron chi connectivity index (χ1n) is 4.46. The largest absolute Gasteiger partial charge is 0.353 e. The molecule has 0 heterocycles. The maximum Gasteiger partial charge on any atom is 0.222 e. The van der Waals surface area contributed by atoms with Crippen LogP contribution in [0, 0.1) is 5.92 Å². The Bertz CT molecular complexity index is 136. The van der Waals surface area contributed by atoms with Crippen molar-refractivity contribution in [2.75, 3.05) is 11.5 Å². The minimum absolute atomic E-state index is 0.0964. The molecule has 0 aromatic rings. The van der Waals surface area contributed by atoms with Crippen molar-refractivity contribution in [2.45, 2.75) is 33.7 Å². The molecule has 0 aromatic carbocycles. The van der Waals surface area contributed by atoms with Crippen molar-refractivity contribution in [3.05, 3.63) is 0 Å². The van der Waals surface area contributed by atoms with Gasteiger partial charge in [0.15, 0.2) is 0 Å². The molecule has 0 radical (unpaired) electrons. The number of carbonyl (C=O) groups excluding carboxylic acids is 1. The summed E-state index contributed by atoms with van der Waals surface area (Å²) in [6.45, 7) is 7.99. The Labute approximate surface area is 79.5 Å². The van der Waals surface area contributed by atoms with Crippen LogP contribution < -0.4 is 5.32 Å². The average molecular weight is 189 g/mol. The fourth-order valence-electron chi connectivity index (χ4n) is 0.746. The lowest BCUT2D eigenvalue weighted by Gasteiger charge is -2.14. The van der Waals surface area contributed by atoms with E-state index in [2.05, 4.69) is 12.2 Å². The van der Waals surface area contributed by atoms with Gasteiger partial charge in [0.05, 0.1) is 0 Å². The van der Waals surface area contributed by atoms with Crippen LogP contribution in [-0.2, 0) is 4.79 Å². The molecule has 3 heteroatoms. The smallest absolute Gasteiger partial charge is 0.222 e. The van der Waals surface area contributed by atoms with E-state index in [1.165, 1.54) is 0 Å². The zero-order chi connectivity index (χ0) is 9.56. The molecule has 12 heavy (non-hydrogen) atoms. The Morgan fingerprint density at radius 3 is 2.42 bits per heavy atom. The van der Waals surface area contributed by atoms with Gasteiger partial charge in [0.1, 0.15) is 0 Å². The number of rotatable bonds is 5. The first-order valence-corrected chi connectivity index (χ1v) is 5.61. The van der Waals surface area contributed by atoms with E-state index in [9.17, 15) is 4.79 Å². The van der Waals surface area contributed by atoms with E-state index in [0.29, 0.717) is 6.04 Å². The molecule has 2 nitrogen and oxygen atoms in total. The van der Waals surface area contributed by atoms with E-state index < -0.39 is 0 Å². The van der Waals surface area contributed by atoms with Gasteiger partial charge in [-0.3, -0.25) is 4.79 Å². The van der Waals surface area contributed by atoms with Crippen molar-refractivity contribution >= 4 is 17.7 Å². The van der Waals surface area contributed by atoms with Crippen molar-refractivity contribution in [3.8, 4) is 0 Å². The molecule has 0 fully saturated rings. The summed E-state index contributed by atoms with van der Waals surface area (Å²) in [6.07, 6.45) is 0. The summed E-state index contributed by atoms with van der Waals surface area (Å²) >= 11 is 1.86. The Morgan fingerprint density at radius 1 is 1.42 bits per heavy atom. The first kappa shape index (κ1) is 11.8. The second kappa shape index (κ2) is 6.35. The summed E-state index contributed by atoms with van der Waals surface area (Å²) in [7, 11) is 0. The number of thioether (sulfide) groups is 1. The third-order valence-electron chi connectivity index (χ3n) is 1.49. The lowest BCUT2D eigenvalue weighted by Crippen LogP contribution is -2.36. The van der Waals surface area contributed by atoms with Crippen molar-refractivity contribution in [2.24, 2.45) is 5.92 Å². The van der Waals surface area contributed by atoms with Gasteiger partial charge in [0.2, 0.25) is 5.91 Å². The molecule has 0 aliphatic carbocycles. The topological polar surface area (TPSA) is 29.1 Å². The monoisotopic (exact) mass is 189 g/mol. The molecule has 0 spiro atoms. The van der Waals surface area contributed by atoms with Gasteiger partial charge in [-0.2, -0.15) is 11.8 Å². The van der Waals surface area contributed by atoms with Crippen molar-refractivity contribution in [1.29, 1.82) is 0 Å². The average Bonchev–Trinajstić information content (AvgIpc) is 2.00. The highest BCUT2D eigenvalue weighted by molar-refractivity contribution is 7.99. The zero-order valence-corrected chi connectivity index (χ0v) is 9.20. The fraction of sp³-hybridized carbons (Fsp3) is 0.889. The molecule has 0 saturated heterocycles. The number of nitrogens with one attached hydrogen (secondary N) is 1. The second-order valence-corrected chi connectivity index (χ2v) is 4.54. The molecule has 1 unspecified atom stereocenters. The van der Waals surface area contributed by atoms with Crippen LogP contribution in [0.25, 0.3) is 0 Å². The predicted molar refractivity (Wildman–Crippen MR) is 55.4 cm³/mol. The van der Waals surface area contributed by atoms with Gasteiger partial charge in [0.25, 0.3) is 0 Å². The van der Waals surface area contributed by atoms with Gasteiger partial charge in [-0.1, -0.05) is 20.8 Å². The quantitative estimate of drug-likeness (QED) is 0.715. The van der Waals surface area contributed by atoms with Crippen molar-refractivity contribution in [1.82, 2.24) is 5.32 Å². The van der Waals surface area contributed by atoms with Crippen LogP contribution in [0.4, 0.5) is 0 Å². The number of hydrogen-bond acceptors (Lipinski definition) is 2. The number of amides is 1.